The molecule has 0 bridgehead atoms. The smallest absolute Gasteiger partial charge is 0.239 e. The summed E-state index contributed by atoms with van der Waals surface area (Å²) in [6.07, 6.45) is 2.83. The number of rotatable bonds is 5. The average Bonchev–Trinajstić information content (AvgIpc) is 3.07. The maximum absolute atomic E-state index is 12.6. The highest BCUT2D eigenvalue weighted by Gasteiger charge is 2.38. The summed E-state index contributed by atoms with van der Waals surface area (Å²) >= 11 is 0. The van der Waals surface area contributed by atoms with Crippen LogP contribution < -0.4 is 10.6 Å². The van der Waals surface area contributed by atoms with Gasteiger partial charge in [0.1, 0.15) is 0 Å². The van der Waals surface area contributed by atoms with Crippen molar-refractivity contribution >= 4 is 28.5 Å². The summed E-state index contributed by atoms with van der Waals surface area (Å²) in [6.45, 7) is 1.18. The van der Waals surface area contributed by atoms with E-state index in [4.69, 9.17) is 0 Å². The summed E-state index contributed by atoms with van der Waals surface area (Å²) in [4.78, 5) is 37.8. The Labute approximate surface area is 164 Å². The van der Waals surface area contributed by atoms with Gasteiger partial charge >= 0.3 is 0 Å². The van der Waals surface area contributed by atoms with Gasteiger partial charge in [-0.2, -0.15) is 0 Å². The van der Waals surface area contributed by atoms with Crippen LogP contribution in [0.4, 0.5) is 0 Å². The van der Waals surface area contributed by atoms with Crippen molar-refractivity contribution < 1.29 is 14.4 Å². The molecule has 6 heteroatoms. The first kappa shape index (κ1) is 18.5. The summed E-state index contributed by atoms with van der Waals surface area (Å²) in [6, 6.07) is 14.5. The van der Waals surface area contributed by atoms with E-state index in [-0.39, 0.29) is 24.3 Å². The second kappa shape index (κ2) is 7.62. The summed E-state index contributed by atoms with van der Waals surface area (Å²) in [5.41, 5.74) is 0.777. The van der Waals surface area contributed by atoms with Gasteiger partial charge in [-0.05, 0) is 35.6 Å². The van der Waals surface area contributed by atoms with Crippen molar-refractivity contribution in [3.05, 3.63) is 48.0 Å². The number of hydrogen-bond donors (Lipinski definition) is 2. The van der Waals surface area contributed by atoms with E-state index in [0.29, 0.717) is 38.8 Å². The number of carbonyl (C=O) groups is 3. The SMILES string of the molecule is O=C1CN(C(=O)CC[C@@]2(Cc3cccc4ccccc34)CCC(=O)N2)CCN1. The minimum absolute atomic E-state index is 0.0201. The van der Waals surface area contributed by atoms with Crippen LogP contribution in [0.1, 0.15) is 31.2 Å². The van der Waals surface area contributed by atoms with E-state index < -0.39 is 5.54 Å². The van der Waals surface area contributed by atoms with E-state index in [0.717, 1.165) is 6.42 Å². The molecule has 6 nitrogen and oxygen atoms in total. The number of fused-ring (bicyclic) bond motifs is 1. The molecule has 0 unspecified atom stereocenters. The zero-order chi connectivity index (χ0) is 19.6. The Kier molecular flexibility index (Phi) is 5.03. The third kappa shape index (κ3) is 3.86. The molecule has 2 aliphatic heterocycles. The second-order valence-corrected chi connectivity index (χ2v) is 7.81. The molecule has 2 N–H and O–H groups in total. The number of amides is 3. The van der Waals surface area contributed by atoms with Gasteiger partial charge in [0, 0.05) is 31.5 Å². The van der Waals surface area contributed by atoms with Gasteiger partial charge in [-0.25, -0.2) is 0 Å². The molecule has 2 aliphatic rings. The monoisotopic (exact) mass is 379 g/mol. The van der Waals surface area contributed by atoms with Gasteiger partial charge in [0.25, 0.3) is 0 Å². The van der Waals surface area contributed by atoms with Crippen LogP contribution in [0, 0.1) is 0 Å². The van der Waals surface area contributed by atoms with Crippen LogP contribution in [-0.4, -0.2) is 47.8 Å². The molecule has 2 saturated heterocycles. The van der Waals surface area contributed by atoms with Crippen molar-refractivity contribution in [2.75, 3.05) is 19.6 Å². The van der Waals surface area contributed by atoms with Crippen molar-refractivity contribution in [2.45, 2.75) is 37.6 Å². The zero-order valence-electron chi connectivity index (χ0n) is 15.9. The molecule has 1 atom stereocenters. The summed E-state index contributed by atoms with van der Waals surface area (Å²) in [5, 5.41) is 8.26. The van der Waals surface area contributed by atoms with E-state index in [2.05, 4.69) is 34.9 Å². The molecule has 146 valence electrons. The minimum Gasteiger partial charge on any atom is -0.353 e. The Balaban J connectivity index is 1.51. The Bertz CT molecular complexity index is 921. The lowest BCUT2D eigenvalue weighted by molar-refractivity contribution is -0.138. The molecule has 2 fully saturated rings. The Hall–Kier alpha value is -2.89. The van der Waals surface area contributed by atoms with E-state index in [9.17, 15) is 14.4 Å². The third-order valence-corrected chi connectivity index (χ3v) is 5.85. The minimum atomic E-state index is -0.408. The van der Waals surface area contributed by atoms with Gasteiger partial charge in [-0.1, -0.05) is 42.5 Å². The van der Waals surface area contributed by atoms with Gasteiger partial charge in [-0.3, -0.25) is 14.4 Å². The van der Waals surface area contributed by atoms with E-state index in [1.54, 1.807) is 4.90 Å². The van der Waals surface area contributed by atoms with Gasteiger partial charge in [-0.15, -0.1) is 0 Å². The van der Waals surface area contributed by atoms with Crippen LogP contribution in [0.5, 0.6) is 0 Å². The number of carbonyl (C=O) groups excluding carboxylic acids is 3. The molecule has 2 aromatic rings. The van der Waals surface area contributed by atoms with Crippen LogP contribution >= 0.6 is 0 Å². The lowest BCUT2D eigenvalue weighted by atomic mass is 9.83. The summed E-state index contributed by atoms with van der Waals surface area (Å²) in [7, 11) is 0. The molecule has 4 rings (SSSR count). The molecule has 2 heterocycles. The zero-order valence-corrected chi connectivity index (χ0v) is 15.9. The Morgan fingerprint density at radius 1 is 1.07 bits per heavy atom. The van der Waals surface area contributed by atoms with Gasteiger partial charge in [0.15, 0.2) is 0 Å². The van der Waals surface area contributed by atoms with Crippen molar-refractivity contribution in [3.8, 4) is 0 Å². The fourth-order valence-corrected chi connectivity index (χ4v) is 4.35. The molecule has 0 radical (unpaired) electrons. The van der Waals surface area contributed by atoms with Crippen molar-refractivity contribution in [2.24, 2.45) is 0 Å². The predicted octanol–water partition coefficient (Wildman–Crippen LogP) is 1.77. The molecule has 0 aromatic heterocycles. The molecule has 0 saturated carbocycles. The quantitative estimate of drug-likeness (QED) is 0.831. The topological polar surface area (TPSA) is 78.5 Å². The lowest BCUT2D eigenvalue weighted by Crippen LogP contribution is -2.51. The van der Waals surface area contributed by atoms with Gasteiger partial charge in [0.05, 0.1) is 6.54 Å². The maximum atomic E-state index is 12.6. The molecular formula is C22H25N3O3. The normalized spacial score (nSPS) is 22.2. The van der Waals surface area contributed by atoms with Crippen LogP contribution in [0.3, 0.4) is 0 Å². The first-order valence-electron chi connectivity index (χ1n) is 9.87. The van der Waals surface area contributed by atoms with Crippen LogP contribution in [0.25, 0.3) is 10.8 Å². The average molecular weight is 379 g/mol. The molecule has 28 heavy (non-hydrogen) atoms. The Morgan fingerprint density at radius 3 is 2.68 bits per heavy atom. The fourth-order valence-electron chi connectivity index (χ4n) is 4.35. The van der Waals surface area contributed by atoms with E-state index in [1.807, 2.05) is 18.2 Å². The van der Waals surface area contributed by atoms with E-state index >= 15 is 0 Å². The number of benzene rings is 2. The number of hydrogen-bond acceptors (Lipinski definition) is 3. The first-order chi connectivity index (χ1) is 13.5. The highest BCUT2D eigenvalue weighted by atomic mass is 16.2. The first-order valence-corrected chi connectivity index (χ1v) is 9.87. The summed E-state index contributed by atoms with van der Waals surface area (Å²) in [5.74, 6) is -0.0856. The van der Waals surface area contributed by atoms with Crippen LogP contribution in [0.15, 0.2) is 42.5 Å². The fraction of sp³-hybridized carbons (Fsp3) is 0.409. The van der Waals surface area contributed by atoms with Crippen molar-refractivity contribution in [3.63, 3.8) is 0 Å². The molecular weight excluding hydrogens is 354 g/mol. The largest absolute Gasteiger partial charge is 0.353 e. The highest BCUT2D eigenvalue weighted by Crippen LogP contribution is 2.32. The highest BCUT2D eigenvalue weighted by molar-refractivity contribution is 5.87. The Morgan fingerprint density at radius 2 is 1.89 bits per heavy atom. The van der Waals surface area contributed by atoms with Crippen LogP contribution in [-0.2, 0) is 20.8 Å². The maximum Gasteiger partial charge on any atom is 0.239 e. The number of nitrogens with one attached hydrogen (secondary N) is 2. The third-order valence-electron chi connectivity index (χ3n) is 5.85. The predicted molar refractivity (Wildman–Crippen MR) is 107 cm³/mol. The number of piperazine rings is 1. The van der Waals surface area contributed by atoms with Crippen molar-refractivity contribution in [1.82, 2.24) is 15.5 Å². The van der Waals surface area contributed by atoms with Gasteiger partial charge in [0.2, 0.25) is 17.7 Å². The second-order valence-electron chi connectivity index (χ2n) is 7.81. The molecule has 3 amide bonds. The number of nitrogens with zero attached hydrogens (tertiary/aromatic N) is 1. The molecule has 0 spiro atoms. The van der Waals surface area contributed by atoms with Gasteiger partial charge < -0.3 is 15.5 Å². The lowest BCUT2D eigenvalue weighted by Gasteiger charge is -2.32. The summed E-state index contributed by atoms with van der Waals surface area (Å²) < 4.78 is 0. The molecule has 0 aliphatic carbocycles. The molecule has 2 aromatic carbocycles. The standard InChI is InChI=1S/C22H25N3O3/c26-19-8-10-22(24-19,11-9-21(28)25-13-12-23-20(27)15-25)14-17-6-3-5-16-4-1-2-7-18(16)17/h1-7H,8-15H2,(H,23,27)(H,24,26)/t22-/m1/s1. The van der Waals surface area contributed by atoms with Crippen LogP contribution in [0.2, 0.25) is 0 Å². The van der Waals surface area contributed by atoms with Crippen molar-refractivity contribution in [1.29, 1.82) is 0 Å². The van der Waals surface area contributed by atoms with E-state index in [1.165, 1.54) is 16.3 Å².